The zero-order valence-corrected chi connectivity index (χ0v) is 22.5. The average molecular weight is 576 g/mol. The third-order valence-corrected chi connectivity index (χ3v) is 9.75. The Morgan fingerprint density at radius 1 is 1.15 bits per heavy atom. The van der Waals surface area contributed by atoms with Gasteiger partial charge in [0.1, 0.15) is 12.1 Å². The van der Waals surface area contributed by atoms with Gasteiger partial charge in [-0.25, -0.2) is 9.00 Å². The highest BCUT2D eigenvalue weighted by Crippen LogP contribution is 2.29. The van der Waals surface area contributed by atoms with E-state index < -0.39 is 39.6 Å². The Hall–Kier alpha value is -1.72. The number of amides is 2. The molecule has 0 spiro atoms. The van der Waals surface area contributed by atoms with Crippen molar-refractivity contribution in [2.75, 3.05) is 5.75 Å². The Balaban J connectivity index is 1.93. The number of carbonyl (C=O) groups is 4. The zero-order valence-electron chi connectivity index (χ0n) is 19.3. The van der Waals surface area contributed by atoms with Crippen LogP contribution in [0, 0.1) is 5.92 Å². The van der Waals surface area contributed by atoms with Crippen LogP contribution >= 0.6 is 26.7 Å². The number of nitrogens with one attached hydrogen (secondary N) is 2. The van der Waals surface area contributed by atoms with Crippen LogP contribution in [-0.2, 0) is 35.4 Å². The van der Waals surface area contributed by atoms with Gasteiger partial charge in [-0.1, -0.05) is 59.1 Å². The summed E-state index contributed by atoms with van der Waals surface area (Å²) in [6.45, 7) is 3.53. The first-order valence-electron chi connectivity index (χ1n) is 11.2. The van der Waals surface area contributed by atoms with Gasteiger partial charge in [0.05, 0.1) is 9.83 Å². The molecule has 188 valence electrons. The Labute approximate surface area is 214 Å². The molecule has 1 aromatic rings. The third kappa shape index (κ3) is 9.14. The fraction of sp³-hybridized carbons (Fsp3) is 0.565. The molecule has 11 heteroatoms. The lowest BCUT2D eigenvalue weighted by Crippen LogP contribution is -2.55. The van der Waals surface area contributed by atoms with Crippen LogP contribution in [0.2, 0.25) is 0 Å². The molecule has 0 saturated carbocycles. The predicted octanol–water partition coefficient (Wildman–Crippen LogP) is 3.00. The van der Waals surface area contributed by atoms with E-state index >= 15 is 0 Å². The lowest BCUT2D eigenvalue weighted by atomic mass is 9.99. The van der Waals surface area contributed by atoms with Crippen molar-refractivity contribution >= 4 is 60.1 Å². The topological polar surface area (TPSA) is 130 Å². The number of carboxylic acids is 1. The normalized spacial score (nSPS) is 19.4. The first kappa shape index (κ1) is 28.5. The molecule has 0 bridgehead atoms. The van der Waals surface area contributed by atoms with Gasteiger partial charge in [-0.15, -0.1) is 0 Å². The highest BCUT2D eigenvalue weighted by atomic mass is 79.9. The van der Waals surface area contributed by atoms with E-state index in [0.717, 1.165) is 29.5 Å². The number of hydrogen-bond acceptors (Lipinski definition) is 6. The van der Waals surface area contributed by atoms with Crippen LogP contribution in [0.1, 0.15) is 51.5 Å². The van der Waals surface area contributed by atoms with Crippen molar-refractivity contribution < 1.29 is 28.5 Å². The Morgan fingerprint density at radius 2 is 1.82 bits per heavy atom. The Kier molecular flexibility index (Phi) is 11.7. The molecule has 1 heterocycles. The largest absolute Gasteiger partial charge is 0.475 e. The number of carbonyl (C=O) groups excluding carboxylic acids is 3. The quantitative estimate of drug-likeness (QED) is 0.187. The van der Waals surface area contributed by atoms with E-state index in [2.05, 4.69) is 26.6 Å². The molecule has 1 fully saturated rings. The van der Waals surface area contributed by atoms with Crippen molar-refractivity contribution in [2.45, 2.75) is 69.7 Å². The minimum absolute atomic E-state index is 0.0176. The molecular formula is C23H31BrN2O6S2. The molecule has 2 unspecified atom stereocenters. The van der Waals surface area contributed by atoms with Gasteiger partial charge in [0.15, 0.2) is 0 Å². The second-order valence-electron chi connectivity index (χ2n) is 8.59. The number of hydrogen-bond donors (Lipinski definition) is 3. The van der Waals surface area contributed by atoms with Crippen molar-refractivity contribution in [3.8, 4) is 0 Å². The van der Waals surface area contributed by atoms with Crippen LogP contribution in [0.15, 0.2) is 28.7 Å². The summed E-state index contributed by atoms with van der Waals surface area (Å²) in [4.78, 5) is 48.9. The fourth-order valence-electron chi connectivity index (χ4n) is 3.61. The maximum Gasteiger partial charge on any atom is 0.374 e. The van der Waals surface area contributed by atoms with Crippen LogP contribution in [0.4, 0.5) is 0 Å². The first-order valence-corrected chi connectivity index (χ1v) is 14.7. The van der Waals surface area contributed by atoms with Crippen LogP contribution in [0.25, 0.3) is 0 Å². The van der Waals surface area contributed by atoms with Crippen LogP contribution < -0.4 is 10.6 Å². The molecule has 8 nitrogen and oxygen atoms in total. The van der Waals surface area contributed by atoms with Gasteiger partial charge in [0.2, 0.25) is 11.8 Å². The van der Waals surface area contributed by atoms with Crippen LogP contribution in [0.3, 0.4) is 0 Å². The Morgan fingerprint density at radius 3 is 2.38 bits per heavy atom. The van der Waals surface area contributed by atoms with Crippen molar-refractivity contribution in [1.29, 1.82) is 0 Å². The van der Waals surface area contributed by atoms with Crippen LogP contribution in [0.5, 0.6) is 0 Å². The van der Waals surface area contributed by atoms with Crippen molar-refractivity contribution in [3.05, 3.63) is 34.3 Å². The number of rotatable bonds is 13. The van der Waals surface area contributed by atoms with E-state index in [9.17, 15) is 28.5 Å². The Bertz CT molecular complexity index is 909. The summed E-state index contributed by atoms with van der Waals surface area (Å²) in [5.41, 5.74) is 0.690. The number of unbranched alkanes of at least 4 members (excludes halogenated alkanes) is 1. The van der Waals surface area contributed by atoms with Crippen molar-refractivity contribution in [3.63, 3.8) is 0 Å². The molecule has 4 atom stereocenters. The van der Waals surface area contributed by atoms with E-state index in [4.69, 9.17) is 0 Å². The second kappa shape index (κ2) is 14.0. The summed E-state index contributed by atoms with van der Waals surface area (Å²) in [6.07, 6.45) is 3.42. The van der Waals surface area contributed by atoms with Crippen LogP contribution in [-0.4, -0.2) is 56.0 Å². The molecular weight excluding hydrogens is 544 g/mol. The second-order valence-corrected chi connectivity index (χ2v) is 13.0. The maximum atomic E-state index is 12.9. The molecule has 1 saturated heterocycles. The average Bonchev–Trinajstić information content (AvgIpc) is 3.19. The summed E-state index contributed by atoms with van der Waals surface area (Å²) in [5.74, 6) is -2.99. The number of aliphatic carboxylic acids is 1. The molecule has 0 aliphatic carbocycles. The monoisotopic (exact) mass is 574 g/mol. The molecule has 2 rings (SSSR count). The maximum absolute atomic E-state index is 12.9. The number of Topliss-reactive ketones (excluding diaryl/α,β-unsaturated/α-hetero) is 1. The van der Waals surface area contributed by atoms with E-state index in [1.54, 1.807) is 38.1 Å². The summed E-state index contributed by atoms with van der Waals surface area (Å²) in [6, 6.07) is 4.84. The van der Waals surface area contributed by atoms with Gasteiger partial charge in [-0.2, -0.15) is 0 Å². The lowest BCUT2D eigenvalue weighted by Gasteiger charge is -2.24. The first-order chi connectivity index (χ1) is 16.1. The number of benzene rings is 1. The van der Waals surface area contributed by atoms with Gasteiger partial charge in [-0.05, 0) is 42.9 Å². The smallest absolute Gasteiger partial charge is 0.374 e. The summed E-state index contributed by atoms with van der Waals surface area (Å²) < 4.78 is 12.6. The molecule has 2 amide bonds. The minimum Gasteiger partial charge on any atom is -0.475 e. The van der Waals surface area contributed by atoms with Crippen molar-refractivity contribution in [2.24, 2.45) is 5.92 Å². The number of halogens is 1. The van der Waals surface area contributed by atoms with Gasteiger partial charge >= 0.3 is 5.97 Å². The van der Waals surface area contributed by atoms with Gasteiger partial charge in [-0.3, -0.25) is 14.4 Å². The molecule has 1 aliphatic rings. The molecule has 34 heavy (non-hydrogen) atoms. The molecule has 0 aromatic heterocycles. The van der Waals surface area contributed by atoms with Gasteiger partial charge < -0.3 is 15.7 Å². The summed E-state index contributed by atoms with van der Waals surface area (Å²) in [7, 11) is 0.645. The van der Waals surface area contributed by atoms with Gasteiger partial charge in [0, 0.05) is 28.3 Å². The standard InChI is InChI=1S/C23H31BrN2O6S2/c1-14(2)20(26-19(27)6-4-3-5-17-11-12-33-34(17)32)22(29)25-18(21(28)23(30)31)13-15-7-9-16(24)10-8-15/h7-10,14,17-18,20H,3-6,11-13H2,1-2H3,(H,25,29)(H,26,27)(H,30,31)/t17?,18-,20-,34?/m0/s1. The zero-order chi connectivity index (χ0) is 25.3. The highest BCUT2D eigenvalue weighted by molar-refractivity contribution is 9.10. The molecule has 1 aliphatic heterocycles. The molecule has 1 aromatic carbocycles. The highest BCUT2D eigenvalue weighted by Gasteiger charge is 2.31. The lowest BCUT2D eigenvalue weighted by molar-refractivity contribution is -0.150. The molecule has 0 radical (unpaired) electrons. The summed E-state index contributed by atoms with van der Waals surface area (Å²) >= 11 is 3.32. The number of ketones is 1. The van der Waals surface area contributed by atoms with E-state index in [1.165, 1.54) is 10.8 Å². The summed E-state index contributed by atoms with van der Waals surface area (Å²) in [5, 5.41) is 14.6. The fourth-order valence-corrected chi connectivity index (χ4v) is 7.37. The third-order valence-electron chi connectivity index (χ3n) is 5.55. The predicted molar refractivity (Wildman–Crippen MR) is 137 cm³/mol. The molecule has 3 N–H and O–H groups in total. The van der Waals surface area contributed by atoms with E-state index in [0.29, 0.717) is 12.0 Å². The van der Waals surface area contributed by atoms with E-state index in [1.807, 2.05) is 0 Å². The minimum atomic E-state index is -1.63. The van der Waals surface area contributed by atoms with E-state index in [-0.39, 0.29) is 29.9 Å². The number of carboxylic acid groups (broad SMARTS) is 1. The van der Waals surface area contributed by atoms with Crippen molar-refractivity contribution in [1.82, 2.24) is 10.6 Å². The van der Waals surface area contributed by atoms with Gasteiger partial charge in [0.25, 0.3) is 5.78 Å². The SMILES string of the molecule is CC(C)[C@H](NC(=O)CCCCC1CCSS1=O)C(=O)N[C@@H](Cc1ccc(Br)cc1)C(=O)C(=O)O.